The Morgan fingerprint density at radius 1 is 1.00 bits per heavy atom. The molecule has 1 unspecified atom stereocenters. The molecule has 6 nitrogen and oxygen atoms in total. The van der Waals surface area contributed by atoms with Crippen LogP contribution in [0.5, 0.6) is 11.5 Å². The van der Waals surface area contributed by atoms with Crippen LogP contribution >= 0.6 is 11.8 Å². The molecule has 0 spiro atoms. The molecule has 0 radical (unpaired) electrons. The molecule has 2 aromatic rings. The second kappa shape index (κ2) is 7.44. The van der Waals surface area contributed by atoms with E-state index in [0.717, 1.165) is 34.8 Å². The van der Waals surface area contributed by atoms with Crippen LogP contribution in [-0.4, -0.2) is 41.8 Å². The number of aliphatic imine (C=N–C) groups is 1. The normalized spacial score (nSPS) is 19.1. The van der Waals surface area contributed by atoms with Crippen molar-refractivity contribution in [3.05, 3.63) is 59.7 Å². The van der Waals surface area contributed by atoms with Gasteiger partial charge in [-0.2, -0.15) is 10.1 Å². The standard InChI is InChI=1S/C20H19N3O3S/c1-25-15-7-3-13(4-8-15)17-11-18(14-5-9-16(26-2)10-6-14)23(22-17)19-12-27-20(24)21-19/h3-10,18H,11-12H2,1-2H3. The maximum atomic E-state index is 11.6. The van der Waals surface area contributed by atoms with Crippen molar-refractivity contribution in [3.63, 3.8) is 0 Å². The first kappa shape index (κ1) is 17.6. The fraction of sp³-hybridized carbons (Fsp3) is 0.250. The summed E-state index contributed by atoms with van der Waals surface area (Å²) in [5.41, 5.74) is 3.11. The molecule has 2 aliphatic heterocycles. The minimum absolute atomic E-state index is 0.00161. The fourth-order valence-corrected chi connectivity index (χ4v) is 3.82. The molecule has 2 aliphatic rings. The first-order valence-electron chi connectivity index (χ1n) is 8.57. The van der Waals surface area contributed by atoms with Gasteiger partial charge in [-0.05, 0) is 47.5 Å². The Labute approximate surface area is 161 Å². The lowest BCUT2D eigenvalue weighted by Crippen LogP contribution is -2.27. The van der Waals surface area contributed by atoms with Crippen LogP contribution in [0.1, 0.15) is 23.6 Å². The maximum Gasteiger partial charge on any atom is 0.307 e. The average molecular weight is 381 g/mol. The first-order chi connectivity index (χ1) is 13.2. The summed E-state index contributed by atoms with van der Waals surface area (Å²) in [6.45, 7) is 0. The lowest BCUT2D eigenvalue weighted by atomic mass is 9.98. The smallest absolute Gasteiger partial charge is 0.307 e. The molecule has 0 saturated carbocycles. The molecule has 27 heavy (non-hydrogen) atoms. The maximum absolute atomic E-state index is 11.6. The summed E-state index contributed by atoms with van der Waals surface area (Å²) in [5.74, 6) is 2.87. The summed E-state index contributed by atoms with van der Waals surface area (Å²) in [4.78, 5) is 15.8. The molecule has 4 rings (SSSR count). The molecule has 138 valence electrons. The van der Waals surface area contributed by atoms with Gasteiger partial charge in [-0.3, -0.25) is 4.79 Å². The van der Waals surface area contributed by atoms with Crippen molar-refractivity contribution in [3.8, 4) is 11.5 Å². The number of thioether (sulfide) groups is 1. The molecule has 1 atom stereocenters. The molecule has 0 fully saturated rings. The zero-order valence-electron chi connectivity index (χ0n) is 15.1. The van der Waals surface area contributed by atoms with E-state index in [1.54, 1.807) is 14.2 Å². The number of rotatable bonds is 4. The van der Waals surface area contributed by atoms with Crippen LogP contribution in [0.15, 0.2) is 58.6 Å². The average Bonchev–Trinajstić information content (AvgIpc) is 3.34. The van der Waals surface area contributed by atoms with Crippen molar-refractivity contribution in [2.45, 2.75) is 12.5 Å². The Morgan fingerprint density at radius 3 is 2.19 bits per heavy atom. The van der Waals surface area contributed by atoms with Crippen molar-refractivity contribution >= 4 is 28.5 Å². The summed E-state index contributed by atoms with van der Waals surface area (Å²) in [6.07, 6.45) is 0.733. The van der Waals surface area contributed by atoms with E-state index in [1.165, 1.54) is 11.8 Å². The Hall–Kier alpha value is -2.80. The van der Waals surface area contributed by atoms with Crippen LogP contribution in [-0.2, 0) is 0 Å². The zero-order valence-corrected chi connectivity index (χ0v) is 15.9. The van der Waals surface area contributed by atoms with Gasteiger partial charge >= 0.3 is 5.24 Å². The number of benzene rings is 2. The Kier molecular flexibility index (Phi) is 4.85. The predicted molar refractivity (Wildman–Crippen MR) is 107 cm³/mol. The number of hydrogen-bond donors (Lipinski definition) is 0. The van der Waals surface area contributed by atoms with Gasteiger partial charge in [0, 0.05) is 6.42 Å². The first-order valence-corrected chi connectivity index (χ1v) is 9.56. The van der Waals surface area contributed by atoms with Crippen LogP contribution in [0.25, 0.3) is 0 Å². The Morgan fingerprint density at radius 2 is 1.63 bits per heavy atom. The molecule has 0 bridgehead atoms. The lowest BCUT2D eigenvalue weighted by molar-refractivity contribution is 0.267. The van der Waals surface area contributed by atoms with Crippen molar-refractivity contribution in [1.82, 2.24) is 5.01 Å². The van der Waals surface area contributed by atoms with Gasteiger partial charge in [0.15, 0.2) is 0 Å². The quantitative estimate of drug-likeness (QED) is 0.797. The van der Waals surface area contributed by atoms with Crippen LogP contribution in [0.2, 0.25) is 0 Å². The molecule has 7 heteroatoms. The predicted octanol–water partition coefficient (Wildman–Crippen LogP) is 4.12. The zero-order chi connectivity index (χ0) is 18.8. The van der Waals surface area contributed by atoms with E-state index in [0.29, 0.717) is 11.6 Å². The number of methoxy groups -OCH3 is 2. The van der Waals surface area contributed by atoms with Crippen molar-refractivity contribution in [2.24, 2.45) is 10.1 Å². The van der Waals surface area contributed by atoms with Crippen LogP contribution in [0.4, 0.5) is 4.79 Å². The van der Waals surface area contributed by atoms with E-state index in [1.807, 2.05) is 53.5 Å². The van der Waals surface area contributed by atoms with Gasteiger partial charge in [0.2, 0.25) is 0 Å². The topological polar surface area (TPSA) is 63.5 Å². The number of amides is 1. The number of hydrogen-bond acceptors (Lipinski definition) is 6. The van der Waals surface area contributed by atoms with Gasteiger partial charge in [-0.1, -0.05) is 23.9 Å². The van der Waals surface area contributed by atoms with Crippen molar-refractivity contribution in [2.75, 3.05) is 20.0 Å². The van der Waals surface area contributed by atoms with Crippen molar-refractivity contribution in [1.29, 1.82) is 0 Å². The summed E-state index contributed by atoms with van der Waals surface area (Å²) in [5, 5.41) is 6.54. The van der Waals surface area contributed by atoms with E-state index in [4.69, 9.17) is 14.6 Å². The molecule has 0 saturated heterocycles. The summed E-state index contributed by atoms with van der Waals surface area (Å²) < 4.78 is 10.5. The van der Waals surface area contributed by atoms with E-state index < -0.39 is 0 Å². The van der Waals surface area contributed by atoms with Gasteiger partial charge < -0.3 is 9.47 Å². The van der Waals surface area contributed by atoms with E-state index in [9.17, 15) is 4.79 Å². The second-order valence-corrected chi connectivity index (χ2v) is 7.12. The summed E-state index contributed by atoms with van der Waals surface area (Å²) in [6, 6.07) is 15.8. The lowest BCUT2D eigenvalue weighted by Gasteiger charge is -2.23. The summed E-state index contributed by atoms with van der Waals surface area (Å²) in [7, 11) is 3.30. The molecule has 2 aromatic carbocycles. The van der Waals surface area contributed by atoms with Gasteiger partial charge in [-0.15, -0.1) is 0 Å². The number of amidine groups is 1. The molecular formula is C20H19N3O3S. The van der Waals surface area contributed by atoms with E-state index in [-0.39, 0.29) is 11.3 Å². The number of ether oxygens (including phenoxy) is 2. The van der Waals surface area contributed by atoms with Gasteiger partial charge in [0.05, 0.1) is 31.7 Å². The third kappa shape index (κ3) is 3.55. The molecule has 0 aromatic heterocycles. The minimum atomic E-state index is -0.161. The highest BCUT2D eigenvalue weighted by molar-refractivity contribution is 8.14. The van der Waals surface area contributed by atoms with Gasteiger partial charge in [0.1, 0.15) is 17.3 Å². The number of carbonyl (C=O) groups is 1. The largest absolute Gasteiger partial charge is 0.497 e. The highest BCUT2D eigenvalue weighted by atomic mass is 32.2. The molecule has 2 heterocycles. The van der Waals surface area contributed by atoms with Crippen LogP contribution in [0.3, 0.4) is 0 Å². The number of nitrogens with zero attached hydrogens (tertiary/aromatic N) is 3. The second-order valence-electron chi connectivity index (χ2n) is 6.20. The summed E-state index contributed by atoms with van der Waals surface area (Å²) >= 11 is 1.21. The Balaban J connectivity index is 1.67. The number of carbonyl (C=O) groups excluding carboxylic acids is 1. The SMILES string of the molecule is COc1ccc(C2=NN(C3=NC(=O)SC3)C(c3ccc(OC)cc3)C2)cc1. The van der Waals surface area contributed by atoms with Crippen LogP contribution in [0, 0.1) is 0 Å². The molecule has 1 amide bonds. The fourth-order valence-electron chi connectivity index (χ4n) is 3.21. The third-order valence-electron chi connectivity index (χ3n) is 4.64. The van der Waals surface area contributed by atoms with E-state index >= 15 is 0 Å². The van der Waals surface area contributed by atoms with Gasteiger partial charge in [-0.25, -0.2) is 5.01 Å². The highest BCUT2D eigenvalue weighted by Gasteiger charge is 2.34. The highest BCUT2D eigenvalue weighted by Crippen LogP contribution is 2.35. The monoisotopic (exact) mass is 381 g/mol. The van der Waals surface area contributed by atoms with Crippen molar-refractivity contribution < 1.29 is 14.3 Å². The molecule has 0 aliphatic carbocycles. The third-order valence-corrected chi connectivity index (χ3v) is 5.38. The minimum Gasteiger partial charge on any atom is -0.497 e. The number of hydrazone groups is 1. The van der Waals surface area contributed by atoms with Gasteiger partial charge in [0.25, 0.3) is 0 Å². The molecule has 0 N–H and O–H groups in total. The van der Waals surface area contributed by atoms with E-state index in [2.05, 4.69) is 4.99 Å². The Bertz CT molecular complexity index is 907. The molecular weight excluding hydrogens is 362 g/mol. The van der Waals surface area contributed by atoms with Crippen LogP contribution < -0.4 is 9.47 Å².